The predicted octanol–water partition coefficient (Wildman–Crippen LogP) is 2.15. The lowest BCUT2D eigenvalue weighted by Gasteiger charge is -2.11. The molecular weight excluding hydrogens is 399 g/mol. The van der Waals surface area contributed by atoms with Crippen LogP contribution in [0.5, 0.6) is 5.75 Å². The smallest absolute Gasteiger partial charge is 0.244 e. The summed E-state index contributed by atoms with van der Waals surface area (Å²) in [4.78, 5) is 3.87. The van der Waals surface area contributed by atoms with Gasteiger partial charge in [0.1, 0.15) is 28.1 Å². The van der Waals surface area contributed by atoms with Crippen molar-refractivity contribution in [2.45, 2.75) is 4.90 Å². The Morgan fingerprint density at radius 2 is 1.79 bits per heavy atom. The van der Waals surface area contributed by atoms with Crippen LogP contribution in [0.2, 0.25) is 0 Å². The van der Waals surface area contributed by atoms with E-state index >= 15 is 0 Å². The first kappa shape index (κ1) is 20.4. The third-order valence-corrected chi connectivity index (χ3v) is 5.21. The topological polar surface area (TPSA) is 118 Å². The van der Waals surface area contributed by atoms with E-state index in [1.165, 1.54) is 13.2 Å². The Bertz CT molecular complexity index is 1050. The number of pyridine rings is 1. The summed E-state index contributed by atoms with van der Waals surface area (Å²) in [6.07, 6.45) is 1.66. The molecule has 0 fully saturated rings. The summed E-state index contributed by atoms with van der Waals surface area (Å²) in [5.74, 6) is 1.03. The molecular formula is C18H19FN6O3S. The number of methoxy groups -OCH3 is 1. The number of anilines is 3. The van der Waals surface area contributed by atoms with Crippen molar-refractivity contribution in [3.8, 4) is 5.75 Å². The zero-order valence-electron chi connectivity index (χ0n) is 15.5. The van der Waals surface area contributed by atoms with E-state index in [1.807, 2.05) is 12.1 Å². The summed E-state index contributed by atoms with van der Waals surface area (Å²) in [5, 5.41) is 14.0. The quantitative estimate of drug-likeness (QED) is 0.453. The molecule has 3 aromatic rings. The predicted molar refractivity (Wildman–Crippen MR) is 106 cm³/mol. The van der Waals surface area contributed by atoms with Crippen LogP contribution in [0.3, 0.4) is 0 Å². The van der Waals surface area contributed by atoms with Crippen molar-refractivity contribution in [3.05, 3.63) is 60.5 Å². The van der Waals surface area contributed by atoms with Gasteiger partial charge in [0.05, 0.1) is 7.11 Å². The molecule has 0 atom stereocenters. The molecule has 29 heavy (non-hydrogen) atoms. The average molecular weight is 418 g/mol. The number of ether oxygens (including phenoxy) is 1. The molecule has 11 heteroatoms. The second-order valence-electron chi connectivity index (χ2n) is 5.76. The maximum Gasteiger partial charge on any atom is 0.244 e. The SMILES string of the molecule is COc1ccc(F)cc1S(=O)(=O)NCCNc1ccc(Nc2ccccn2)nn1. The molecule has 0 bridgehead atoms. The van der Waals surface area contributed by atoms with Crippen LogP contribution < -0.4 is 20.1 Å². The molecule has 0 unspecified atom stereocenters. The van der Waals surface area contributed by atoms with Gasteiger partial charge < -0.3 is 15.4 Å². The number of hydrogen-bond donors (Lipinski definition) is 3. The average Bonchev–Trinajstić information content (AvgIpc) is 2.73. The Labute approximate surface area is 167 Å². The highest BCUT2D eigenvalue weighted by atomic mass is 32.2. The van der Waals surface area contributed by atoms with Crippen LogP contribution in [-0.4, -0.2) is 43.8 Å². The molecule has 0 amide bonds. The van der Waals surface area contributed by atoms with Crippen molar-refractivity contribution in [2.24, 2.45) is 0 Å². The molecule has 0 aliphatic rings. The molecule has 2 aromatic heterocycles. The van der Waals surface area contributed by atoms with Crippen molar-refractivity contribution in [1.29, 1.82) is 0 Å². The Morgan fingerprint density at radius 1 is 1.00 bits per heavy atom. The summed E-state index contributed by atoms with van der Waals surface area (Å²) in [6, 6.07) is 12.2. The van der Waals surface area contributed by atoms with Gasteiger partial charge in [0.2, 0.25) is 10.0 Å². The zero-order chi connectivity index (χ0) is 20.7. The van der Waals surface area contributed by atoms with Crippen molar-refractivity contribution < 1.29 is 17.5 Å². The second kappa shape index (κ2) is 9.26. The molecule has 0 aliphatic heterocycles. The first-order chi connectivity index (χ1) is 14.0. The molecule has 2 heterocycles. The number of aromatic nitrogens is 3. The van der Waals surface area contributed by atoms with E-state index in [9.17, 15) is 12.8 Å². The second-order valence-corrected chi connectivity index (χ2v) is 7.50. The Hall–Kier alpha value is -3.31. The maximum atomic E-state index is 13.4. The van der Waals surface area contributed by atoms with E-state index in [0.29, 0.717) is 17.5 Å². The standard InChI is InChI=1S/C18H19FN6O3S/c1-28-14-6-5-13(19)12-15(14)29(26,27)22-11-10-21-17-7-8-18(25-24-17)23-16-4-2-3-9-20-16/h2-9,12,22H,10-11H2,1H3,(H,21,24)(H,20,23,25). The Balaban J connectivity index is 1.52. The van der Waals surface area contributed by atoms with Gasteiger partial charge in [0.15, 0.2) is 5.82 Å². The number of nitrogens with one attached hydrogen (secondary N) is 3. The van der Waals surface area contributed by atoms with Crippen molar-refractivity contribution in [1.82, 2.24) is 19.9 Å². The largest absolute Gasteiger partial charge is 0.495 e. The third kappa shape index (κ3) is 5.59. The summed E-state index contributed by atoms with van der Waals surface area (Å²) in [6.45, 7) is 0.302. The van der Waals surface area contributed by atoms with Gasteiger partial charge >= 0.3 is 0 Å². The van der Waals surface area contributed by atoms with Gasteiger partial charge in [0, 0.05) is 19.3 Å². The summed E-state index contributed by atoms with van der Waals surface area (Å²) in [7, 11) is -2.61. The Morgan fingerprint density at radius 3 is 2.48 bits per heavy atom. The molecule has 3 rings (SSSR count). The molecule has 3 N–H and O–H groups in total. The number of sulfonamides is 1. The van der Waals surface area contributed by atoms with E-state index in [4.69, 9.17) is 4.74 Å². The molecule has 9 nitrogen and oxygen atoms in total. The van der Waals surface area contributed by atoms with Gasteiger partial charge in [0.25, 0.3) is 0 Å². The van der Waals surface area contributed by atoms with E-state index in [1.54, 1.807) is 24.4 Å². The van der Waals surface area contributed by atoms with Crippen LogP contribution >= 0.6 is 0 Å². The van der Waals surface area contributed by atoms with Crippen molar-refractivity contribution in [2.75, 3.05) is 30.8 Å². The number of nitrogens with zero attached hydrogens (tertiary/aromatic N) is 3. The van der Waals surface area contributed by atoms with Crippen LogP contribution in [0.15, 0.2) is 59.6 Å². The monoisotopic (exact) mass is 418 g/mol. The van der Waals surface area contributed by atoms with Crippen LogP contribution in [0.25, 0.3) is 0 Å². The van der Waals surface area contributed by atoms with Gasteiger partial charge in [-0.25, -0.2) is 22.5 Å². The summed E-state index contributed by atoms with van der Waals surface area (Å²) >= 11 is 0. The van der Waals surface area contributed by atoms with Gasteiger partial charge in [-0.2, -0.15) is 0 Å². The maximum absolute atomic E-state index is 13.4. The van der Waals surface area contributed by atoms with Crippen LogP contribution in [0.1, 0.15) is 0 Å². The molecule has 152 valence electrons. The Kier molecular flexibility index (Phi) is 6.52. The van der Waals surface area contributed by atoms with E-state index in [2.05, 4.69) is 30.5 Å². The van der Waals surface area contributed by atoms with E-state index in [-0.39, 0.29) is 23.7 Å². The molecule has 0 radical (unpaired) electrons. The fourth-order valence-corrected chi connectivity index (χ4v) is 3.59. The minimum Gasteiger partial charge on any atom is -0.495 e. The molecule has 0 saturated heterocycles. The van der Waals surface area contributed by atoms with Gasteiger partial charge in [-0.15, -0.1) is 10.2 Å². The third-order valence-electron chi connectivity index (χ3n) is 3.72. The van der Waals surface area contributed by atoms with Gasteiger partial charge in [-0.05, 0) is 42.5 Å². The highest BCUT2D eigenvalue weighted by Crippen LogP contribution is 2.24. The van der Waals surface area contributed by atoms with Crippen LogP contribution in [0, 0.1) is 5.82 Å². The van der Waals surface area contributed by atoms with Gasteiger partial charge in [-0.3, -0.25) is 0 Å². The number of benzene rings is 1. The lowest BCUT2D eigenvalue weighted by molar-refractivity contribution is 0.400. The highest BCUT2D eigenvalue weighted by Gasteiger charge is 2.19. The zero-order valence-corrected chi connectivity index (χ0v) is 16.3. The van der Waals surface area contributed by atoms with Gasteiger partial charge in [-0.1, -0.05) is 6.07 Å². The van der Waals surface area contributed by atoms with Crippen molar-refractivity contribution >= 4 is 27.5 Å². The van der Waals surface area contributed by atoms with Crippen molar-refractivity contribution in [3.63, 3.8) is 0 Å². The van der Waals surface area contributed by atoms with Crippen LogP contribution in [0.4, 0.5) is 21.8 Å². The van der Waals surface area contributed by atoms with Crippen LogP contribution in [-0.2, 0) is 10.0 Å². The molecule has 0 saturated carbocycles. The normalized spacial score (nSPS) is 11.1. The molecule has 1 aromatic carbocycles. The summed E-state index contributed by atoms with van der Waals surface area (Å²) in [5.41, 5.74) is 0. The van der Waals surface area contributed by atoms with E-state index < -0.39 is 15.8 Å². The minimum atomic E-state index is -3.93. The lowest BCUT2D eigenvalue weighted by atomic mass is 10.3. The first-order valence-corrected chi connectivity index (χ1v) is 10.0. The fraction of sp³-hybridized carbons (Fsp3) is 0.167. The highest BCUT2D eigenvalue weighted by molar-refractivity contribution is 7.89. The fourth-order valence-electron chi connectivity index (χ4n) is 2.38. The minimum absolute atomic E-state index is 0.0532. The summed E-state index contributed by atoms with van der Waals surface area (Å²) < 4.78 is 45.5. The number of hydrogen-bond acceptors (Lipinski definition) is 8. The molecule has 0 aliphatic carbocycles. The van der Waals surface area contributed by atoms with E-state index in [0.717, 1.165) is 12.1 Å². The first-order valence-electron chi connectivity index (χ1n) is 8.57. The number of halogens is 1. The lowest BCUT2D eigenvalue weighted by Crippen LogP contribution is -2.29. The number of rotatable bonds is 9. The molecule has 0 spiro atoms.